The molecule has 0 saturated carbocycles. The molecule has 21 heavy (non-hydrogen) atoms. The summed E-state index contributed by atoms with van der Waals surface area (Å²) in [4.78, 5) is 22.4. The minimum absolute atomic E-state index is 0.215. The number of carbonyl (C=O) groups is 2. The smallest absolute Gasteiger partial charge is 0.344 e. The van der Waals surface area contributed by atoms with Gasteiger partial charge in [-0.05, 0) is 30.2 Å². The first kappa shape index (κ1) is 14.8. The molecule has 0 atom stereocenters. The lowest BCUT2D eigenvalue weighted by molar-refractivity contribution is -0.145. The summed E-state index contributed by atoms with van der Waals surface area (Å²) in [6.45, 7) is 1.81. The van der Waals surface area contributed by atoms with Crippen molar-refractivity contribution in [2.24, 2.45) is 0 Å². The van der Waals surface area contributed by atoms with Crippen LogP contribution in [0.4, 0.5) is 0 Å². The summed E-state index contributed by atoms with van der Waals surface area (Å²) in [6.07, 6.45) is 0.704. The Kier molecular flexibility index (Phi) is 5.10. The summed E-state index contributed by atoms with van der Waals surface area (Å²) in [7, 11) is 0. The third-order valence-corrected chi connectivity index (χ3v) is 2.90. The van der Waals surface area contributed by atoms with E-state index in [4.69, 9.17) is 9.47 Å². The number of esters is 1. The molecule has 108 valence electrons. The average Bonchev–Trinajstić information content (AvgIpc) is 2.54. The van der Waals surface area contributed by atoms with Gasteiger partial charge in [-0.15, -0.1) is 0 Å². The van der Waals surface area contributed by atoms with E-state index in [1.807, 2.05) is 36.4 Å². The van der Waals surface area contributed by atoms with Crippen LogP contribution in [0.5, 0.6) is 5.75 Å². The van der Waals surface area contributed by atoms with E-state index < -0.39 is 5.97 Å². The van der Waals surface area contributed by atoms with Gasteiger partial charge in [0.1, 0.15) is 5.75 Å². The lowest BCUT2D eigenvalue weighted by Gasteiger charge is -2.10. The second kappa shape index (κ2) is 7.24. The van der Waals surface area contributed by atoms with Gasteiger partial charge in [-0.25, -0.2) is 4.79 Å². The fourth-order valence-electron chi connectivity index (χ4n) is 1.91. The van der Waals surface area contributed by atoms with Gasteiger partial charge in [0, 0.05) is 0 Å². The van der Waals surface area contributed by atoms with Crippen LogP contribution in [-0.2, 0) is 9.53 Å². The van der Waals surface area contributed by atoms with Gasteiger partial charge in [0.15, 0.2) is 12.9 Å². The monoisotopic (exact) mass is 284 g/mol. The number of hydrogen-bond acceptors (Lipinski definition) is 4. The summed E-state index contributed by atoms with van der Waals surface area (Å²) in [6, 6.07) is 15.0. The van der Waals surface area contributed by atoms with Crippen molar-refractivity contribution < 1.29 is 19.1 Å². The number of rotatable bonds is 6. The summed E-state index contributed by atoms with van der Waals surface area (Å²) in [5, 5.41) is 0. The molecule has 4 heteroatoms. The highest BCUT2D eigenvalue weighted by molar-refractivity contribution is 5.82. The highest BCUT2D eigenvalue weighted by Gasteiger charge is 2.09. The van der Waals surface area contributed by atoms with Crippen LogP contribution in [0.1, 0.15) is 17.3 Å². The molecule has 0 fully saturated rings. The number of benzene rings is 2. The van der Waals surface area contributed by atoms with Crippen molar-refractivity contribution in [1.29, 1.82) is 0 Å². The third-order valence-electron chi connectivity index (χ3n) is 2.90. The zero-order chi connectivity index (χ0) is 15.1. The van der Waals surface area contributed by atoms with Gasteiger partial charge in [-0.2, -0.15) is 0 Å². The molecule has 0 heterocycles. The molecule has 2 aromatic rings. The van der Waals surface area contributed by atoms with Gasteiger partial charge in [-0.3, -0.25) is 4.79 Å². The van der Waals surface area contributed by atoms with E-state index in [9.17, 15) is 9.59 Å². The Hall–Kier alpha value is -2.62. The molecule has 0 aliphatic carbocycles. The van der Waals surface area contributed by atoms with Gasteiger partial charge < -0.3 is 9.47 Å². The minimum atomic E-state index is -0.459. The van der Waals surface area contributed by atoms with Crippen molar-refractivity contribution in [3.8, 4) is 16.9 Å². The van der Waals surface area contributed by atoms with E-state index in [-0.39, 0.29) is 6.61 Å². The van der Waals surface area contributed by atoms with Crippen LogP contribution in [0, 0.1) is 0 Å². The number of ether oxygens (including phenoxy) is 2. The van der Waals surface area contributed by atoms with Crippen LogP contribution in [0.3, 0.4) is 0 Å². The molecule has 0 radical (unpaired) electrons. The average molecular weight is 284 g/mol. The van der Waals surface area contributed by atoms with Crippen molar-refractivity contribution in [1.82, 2.24) is 0 Å². The van der Waals surface area contributed by atoms with Crippen LogP contribution in [0.15, 0.2) is 48.5 Å². The summed E-state index contributed by atoms with van der Waals surface area (Å²) in [5.41, 5.74) is 2.33. The van der Waals surface area contributed by atoms with Crippen LogP contribution in [0.25, 0.3) is 11.1 Å². The standard InChI is InChI=1S/C17H16O4/c1-2-20-17(19)12-21-16-10-14(8-9-15(16)11-18)13-6-4-3-5-7-13/h3-11H,2,12H2,1H3. The Bertz CT molecular complexity index is 620. The molecule has 2 rings (SSSR count). The van der Waals surface area contributed by atoms with Gasteiger partial charge in [-0.1, -0.05) is 36.4 Å². The zero-order valence-electron chi connectivity index (χ0n) is 11.7. The molecular weight excluding hydrogens is 268 g/mol. The third kappa shape index (κ3) is 3.92. The molecule has 0 bridgehead atoms. The maximum Gasteiger partial charge on any atom is 0.344 e. The second-order valence-corrected chi connectivity index (χ2v) is 4.33. The predicted molar refractivity (Wildman–Crippen MR) is 79.4 cm³/mol. The topological polar surface area (TPSA) is 52.6 Å². The van der Waals surface area contributed by atoms with Gasteiger partial charge in [0.25, 0.3) is 0 Å². The van der Waals surface area contributed by atoms with E-state index in [1.54, 1.807) is 19.1 Å². The van der Waals surface area contributed by atoms with Crippen molar-refractivity contribution in [3.05, 3.63) is 54.1 Å². The van der Waals surface area contributed by atoms with Crippen LogP contribution in [-0.4, -0.2) is 25.5 Å². The molecule has 2 aromatic carbocycles. The van der Waals surface area contributed by atoms with Crippen molar-refractivity contribution in [3.63, 3.8) is 0 Å². The number of aldehydes is 1. The molecule has 0 spiro atoms. The summed E-state index contributed by atoms with van der Waals surface area (Å²) < 4.78 is 10.2. The molecule has 0 saturated heterocycles. The Morgan fingerprint density at radius 1 is 1.10 bits per heavy atom. The predicted octanol–water partition coefficient (Wildman–Crippen LogP) is 3.11. The lowest BCUT2D eigenvalue weighted by atomic mass is 10.0. The summed E-state index contributed by atoms with van der Waals surface area (Å²) in [5.74, 6) is -0.0844. The molecular formula is C17H16O4. The molecule has 0 aromatic heterocycles. The van der Waals surface area contributed by atoms with Crippen LogP contribution >= 0.6 is 0 Å². The SMILES string of the molecule is CCOC(=O)COc1cc(-c2ccccc2)ccc1C=O. The van der Waals surface area contributed by atoms with E-state index in [0.717, 1.165) is 11.1 Å². The van der Waals surface area contributed by atoms with Crippen LogP contribution < -0.4 is 4.74 Å². The van der Waals surface area contributed by atoms with Crippen molar-refractivity contribution in [2.75, 3.05) is 13.2 Å². The maximum absolute atomic E-state index is 11.3. The molecule has 0 N–H and O–H groups in total. The van der Waals surface area contributed by atoms with Gasteiger partial charge in [0.2, 0.25) is 0 Å². The van der Waals surface area contributed by atoms with Crippen LogP contribution in [0.2, 0.25) is 0 Å². The fourth-order valence-corrected chi connectivity index (χ4v) is 1.91. The second-order valence-electron chi connectivity index (χ2n) is 4.33. The largest absolute Gasteiger partial charge is 0.481 e. The van der Waals surface area contributed by atoms with Crippen molar-refractivity contribution >= 4 is 12.3 Å². The highest BCUT2D eigenvalue weighted by Crippen LogP contribution is 2.26. The Balaban J connectivity index is 2.22. The normalized spacial score (nSPS) is 9.95. The Morgan fingerprint density at radius 2 is 1.86 bits per heavy atom. The molecule has 0 aliphatic rings. The van der Waals surface area contributed by atoms with E-state index >= 15 is 0 Å². The van der Waals surface area contributed by atoms with Gasteiger partial charge >= 0.3 is 5.97 Å². The zero-order valence-corrected chi connectivity index (χ0v) is 11.7. The number of carbonyl (C=O) groups excluding carboxylic acids is 2. The minimum Gasteiger partial charge on any atom is -0.481 e. The Labute approximate surface area is 123 Å². The van der Waals surface area contributed by atoms with E-state index in [1.165, 1.54) is 0 Å². The van der Waals surface area contributed by atoms with Crippen molar-refractivity contribution in [2.45, 2.75) is 6.92 Å². The van der Waals surface area contributed by atoms with E-state index in [0.29, 0.717) is 24.2 Å². The lowest BCUT2D eigenvalue weighted by Crippen LogP contribution is -2.15. The molecule has 4 nitrogen and oxygen atoms in total. The molecule has 0 aliphatic heterocycles. The first-order valence-corrected chi connectivity index (χ1v) is 6.67. The number of hydrogen-bond donors (Lipinski definition) is 0. The maximum atomic E-state index is 11.3. The quantitative estimate of drug-likeness (QED) is 0.604. The summed E-state index contributed by atoms with van der Waals surface area (Å²) >= 11 is 0. The fraction of sp³-hybridized carbons (Fsp3) is 0.176. The molecule has 0 amide bonds. The molecule has 0 unspecified atom stereocenters. The first-order valence-electron chi connectivity index (χ1n) is 6.67. The first-order chi connectivity index (χ1) is 10.2. The van der Waals surface area contributed by atoms with E-state index in [2.05, 4.69) is 0 Å². The Morgan fingerprint density at radius 3 is 2.52 bits per heavy atom. The van der Waals surface area contributed by atoms with Gasteiger partial charge in [0.05, 0.1) is 12.2 Å². The highest BCUT2D eigenvalue weighted by atomic mass is 16.6.